The molecule has 0 saturated heterocycles. The molecule has 0 spiro atoms. The fourth-order valence-electron chi connectivity index (χ4n) is 10.0. The molecule has 2 saturated carbocycles. The maximum absolute atomic E-state index is 14.6. The van der Waals surface area contributed by atoms with Crippen LogP contribution in [0.4, 0.5) is 5.69 Å². The second-order valence-corrected chi connectivity index (χ2v) is 16.3. The van der Waals surface area contributed by atoms with Crippen LogP contribution in [0.2, 0.25) is 0 Å². The number of carbonyl (C=O) groups is 1. The molecule has 0 aromatic heterocycles. The molecule has 2 aromatic carbocycles. The van der Waals surface area contributed by atoms with Gasteiger partial charge < -0.3 is 34.5 Å². The van der Waals surface area contributed by atoms with Gasteiger partial charge in [0.25, 0.3) is 5.69 Å². The van der Waals surface area contributed by atoms with Crippen molar-refractivity contribution in [3.63, 3.8) is 0 Å². The van der Waals surface area contributed by atoms with Crippen molar-refractivity contribution in [3.8, 4) is 11.5 Å². The molecule has 6 rings (SSSR count). The number of oxime groups is 1. The number of phenolic OH excluding ortho intramolecular Hbond substituents is 1. The number of hydrogen-bond donors (Lipinski definition) is 3. The summed E-state index contributed by atoms with van der Waals surface area (Å²) in [7, 11) is 0. The number of benzene rings is 2. The molecular weight excluding hydrogens is 727 g/mol. The zero-order valence-electron chi connectivity index (χ0n) is 33.4. The first kappa shape index (κ1) is 42.3. The van der Waals surface area contributed by atoms with Crippen molar-refractivity contribution in [1.82, 2.24) is 4.90 Å². The van der Waals surface area contributed by atoms with E-state index in [9.17, 15) is 30.2 Å². The Kier molecular flexibility index (Phi) is 14.8. The molecule has 6 atom stereocenters. The summed E-state index contributed by atoms with van der Waals surface area (Å²) in [6.45, 7) is 7.02. The van der Waals surface area contributed by atoms with Gasteiger partial charge in [-0.05, 0) is 97.7 Å². The Labute approximate surface area is 336 Å². The predicted octanol–water partition coefficient (Wildman–Crippen LogP) is 8.34. The lowest BCUT2D eigenvalue weighted by Gasteiger charge is -2.60. The predicted molar refractivity (Wildman–Crippen MR) is 218 cm³/mol. The molecule has 57 heavy (non-hydrogen) atoms. The molecule has 310 valence electrons. The van der Waals surface area contributed by atoms with Gasteiger partial charge in [-0.15, -0.1) is 6.58 Å². The number of amides is 1. The number of ether oxygens (including phenoxy) is 2. The first-order valence-corrected chi connectivity index (χ1v) is 21.2. The van der Waals surface area contributed by atoms with Crippen LogP contribution >= 0.6 is 0 Å². The van der Waals surface area contributed by atoms with Crippen LogP contribution in [0, 0.1) is 33.8 Å². The summed E-state index contributed by atoms with van der Waals surface area (Å²) in [5.41, 5.74) is 3.19. The smallest absolute Gasteiger partial charge is 0.269 e. The first-order valence-electron chi connectivity index (χ1n) is 21.2. The lowest BCUT2D eigenvalue weighted by Crippen LogP contribution is -2.70. The molecule has 2 fully saturated rings. The summed E-state index contributed by atoms with van der Waals surface area (Å²) >= 11 is 0. The number of non-ortho nitro benzene ring substituents is 1. The second-order valence-electron chi connectivity index (χ2n) is 16.3. The standard InChI is InChI=1S/C45H61N3O9/c1-3-23-47(42(52)22-17-31-11-5-6-12-31)41-29-39(46-56-30-32-15-18-34(19-16-32)48(53)54)37-27-33(13-7-9-24-49)36(14-8-10-25-50)43-38-28-35(51)20-21-40(38)57-45(41,44(37)43)55-26-4-2/h4,15-16,18-21,27-28,31,33,36,41,43-44,49-51H,2-3,5-14,17,22-26,29-30H2,1H3. The molecule has 1 aliphatic heterocycles. The third kappa shape index (κ3) is 9.56. The van der Waals surface area contributed by atoms with Crippen LogP contribution in [-0.4, -0.2) is 75.0 Å². The van der Waals surface area contributed by atoms with Gasteiger partial charge in [0.2, 0.25) is 11.7 Å². The Morgan fingerprint density at radius 3 is 2.49 bits per heavy atom. The van der Waals surface area contributed by atoms with Gasteiger partial charge in [-0.1, -0.05) is 62.8 Å². The van der Waals surface area contributed by atoms with E-state index in [2.05, 4.69) is 19.6 Å². The number of nitro benzene ring substituents is 1. The highest BCUT2D eigenvalue weighted by molar-refractivity contribution is 6.03. The van der Waals surface area contributed by atoms with Crippen LogP contribution in [0.1, 0.15) is 114 Å². The van der Waals surface area contributed by atoms with Gasteiger partial charge in [0.15, 0.2) is 0 Å². The van der Waals surface area contributed by atoms with E-state index in [1.54, 1.807) is 30.3 Å². The number of allylic oxidation sites excluding steroid dienone is 1. The van der Waals surface area contributed by atoms with Crippen molar-refractivity contribution in [2.75, 3.05) is 26.4 Å². The van der Waals surface area contributed by atoms with E-state index in [0.717, 1.165) is 68.1 Å². The minimum atomic E-state index is -1.34. The number of phenols is 1. The maximum atomic E-state index is 14.6. The minimum absolute atomic E-state index is 0.00698. The number of aliphatic hydroxyl groups excluding tert-OH is 2. The average Bonchev–Trinajstić information content (AvgIpc) is 3.74. The van der Waals surface area contributed by atoms with Crippen LogP contribution in [0.15, 0.2) is 71.9 Å². The molecule has 0 bridgehead atoms. The number of nitro groups is 1. The Morgan fingerprint density at radius 2 is 1.81 bits per heavy atom. The largest absolute Gasteiger partial charge is 0.508 e. The van der Waals surface area contributed by atoms with Crippen LogP contribution in [0.25, 0.3) is 0 Å². The van der Waals surface area contributed by atoms with Crippen LogP contribution in [0.3, 0.4) is 0 Å². The number of carbonyl (C=O) groups excluding carboxylic acids is 1. The third-order valence-corrected chi connectivity index (χ3v) is 12.6. The second kappa shape index (κ2) is 19.9. The van der Waals surface area contributed by atoms with E-state index >= 15 is 0 Å². The molecule has 2 aromatic rings. The van der Waals surface area contributed by atoms with Gasteiger partial charge in [-0.2, -0.15) is 0 Å². The zero-order chi connectivity index (χ0) is 40.4. The number of aliphatic hydroxyl groups is 2. The van der Waals surface area contributed by atoms with E-state index in [-0.39, 0.29) is 61.5 Å². The molecular formula is C45H61N3O9. The van der Waals surface area contributed by atoms with Gasteiger partial charge in [0.1, 0.15) is 24.1 Å². The van der Waals surface area contributed by atoms with E-state index < -0.39 is 22.7 Å². The number of unbranched alkanes of at least 4 members (excludes halogenated alkanes) is 2. The highest BCUT2D eigenvalue weighted by atomic mass is 16.7. The molecule has 3 N–H and O–H groups in total. The summed E-state index contributed by atoms with van der Waals surface area (Å²) in [5, 5.41) is 46.7. The molecule has 0 radical (unpaired) electrons. The monoisotopic (exact) mass is 787 g/mol. The number of hydrogen-bond acceptors (Lipinski definition) is 10. The number of nitrogens with zero attached hydrogens (tertiary/aromatic N) is 3. The summed E-state index contributed by atoms with van der Waals surface area (Å²) in [6.07, 6.45) is 15.6. The quantitative estimate of drug-likeness (QED) is 0.0488. The Balaban J connectivity index is 1.50. The summed E-state index contributed by atoms with van der Waals surface area (Å²) in [4.78, 5) is 33.6. The van der Waals surface area contributed by atoms with E-state index in [1.807, 2.05) is 11.0 Å². The molecule has 4 aliphatic rings. The molecule has 1 amide bonds. The number of fused-ring (bicyclic) bond motifs is 2. The molecule has 12 nitrogen and oxygen atoms in total. The molecule has 12 heteroatoms. The zero-order valence-corrected chi connectivity index (χ0v) is 33.4. The highest BCUT2D eigenvalue weighted by Crippen LogP contribution is 2.62. The number of aromatic hydroxyl groups is 1. The van der Waals surface area contributed by atoms with Crippen molar-refractivity contribution in [1.29, 1.82) is 0 Å². The van der Waals surface area contributed by atoms with E-state index in [4.69, 9.17) is 19.5 Å². The summed E-state index contributed by atoms with van der Waals surface area (Å²) < 4.78 is 14.2. The van der Waals surface area contributed by atoms with Gasteiger partial charge in [0.05, 0.1) is 23.2 Å². The number of rotatable bonds is 21. The average molecular weight is 788 g/mol. The van der Waals surface area contributed by atoms with Crippen molar-refractivity contribution in [2.24, 2.45) is 28.8 Å². The Bertz CT molecular complexity index is 1740. The van der Waals surface area contributed by atoms with Crippen LogP contribution in [-0.2, 0) is 21.0 Å². The molecule has 3 aliphatic carbocycles. The van der Waals surface area contributed by atoms with Gasteiger partial charge in [-0.3, -0.25) is 14.9 Å². The van der Waals surface area contributed by atoms with Crippen molar-refractivity contribution < 1.29 is 39.3 Å². The third-order valence-electron chi connectivity index (χ3n) is 12.6. The minimum Gasteiger partial charge on any atom is -0.508 e. The Morgan fingerprint density at radius 1 is 1.07 bits per heavy atom. The SMILES string of the molecule is C=CCOC12Oc3ccc(O)cc3C3C(CCCCO)C(CCCCO)C=C(C(=NOCc4ccc([N+](=O)[O-])cc4)CC1N(CCC)C(=O)CCC1CCCC1)C32. The lowest BCUT2D eigenvalue weighted by atomic mass is 9.55. The van der Waals surface area contributed by atoms with Gasteiger partial charge >= 0.3 is 0 Å². The first-order chi connectivity index (χ1) is 27.7. The van der Waals surface area contributed by atoms with Crippen molar-refractivity contribution in [2.45, 2.75) is 121 Å². The summed E-state index contributed by atoms with van der Waals surface area (Å²) in [6, 6.07) is 10.9. The summed E-state index contributed by atoms with van der Waals surface area (Å²) in [5.74, 6) is -0.558. The molecule has 1 heterocycles. The maximum Gasteiger partial charge on any atom is 0.269 e. The lowest BCUT2D eigenvalue weighted by molar-refractivity contribution is -0.384. The van der Waals surface area contributed by atoms with E-state index in [1.165, 1.54) is 25.0 Å². The topological polar surface area (TPSA) is 164 Å². The van der Waals surface area contributed by atoms with Gasteiger partial charge in [0, 0.05) is 56.2 Å². The normalized spacial score (nSPS) is 25.9. The van der Waals surface area contributed by atoms with E-state index in [0.29, 0.717) is 49.6 Å². The van der Waals surface area contributed by atoms with Crippen molar-refractivity contribution >= 4 is 17.3 Å². The fraction of sp³-hybridized carbons (Fsp3) is 0.600. The Hall–Kier alpha value is -4.26. The fourth-order valence-corrected chi connectivity index (χ4v) is 10.0. The van der Waals surface area contributed by atoms with Crippen LogP contribution < -0.4 is 4.74 Å². The van der Waals surface area contributed by atoms with Gasteiger partial charge in [-0.25, -0.2) is 0 Å². The highest BCUT2D eigenvalue weighted by Gasteiger charge is 2.65. The van der Waals surface area contributed by atoms with Crippen LogP contribution in [0.5, 0.6) is 11.5 Å². The molecule has 6 unspecified atom stereocenters. The van der Waals surface area contributed by atoms with Crippen molar-refractivity contribution in [3.05, 3.63) is 88.0 Å².